The smallest absolute Gasteiger partial charge is 0.0750 e. The summed E-state index contributed by atoms with van der Waals surface area (Å²) in [6, 6.07) is 0. The van der Waals surface area contributed by atoms with Crippen molar-refractivity contribution in [3.63, 3.8) is 0 Å². The second kappa shape index (κ2) is 6.46. The van der Waals surface area contributed by atoms with Crippen LogP contribution in [0.4, 0.5) is 0 Å². The molecule has 1 aliphatic rings. The third-order valence-electron chi connectivity index (χ3n) is 2.86. The van der Waals surface area contributed by atoms with Crippen molar-refractivity contribution >= 4 is 0 Å². The molecule has 0 bridgehead atoms. The Morgan fingerprint density at radius 2 is 2.00 bits per heavy atom. The van der Waals surface area contributed by atoms with Crippen molar-refractivity contribution in [2.45, 2.75) is 39.2 Å². The van der Waals surface area contributed by atoms with Gasteiger partial charge in [-0.05, 0) is 46.1 Å². The molecule has 1 rings (SSSR count). The topological polar surface area (TPSA) is 30.5 Å². The first-order chi connectivity index (χ1) is 7.14. The average Bonchev–Trinajstić information content (AvgIpc) is 2.19. The Morgan fingerprint density at radius 1 is 1.33 bits per heavy atom. The van der Waals surface area contributed by atoms with Gasteiger partial charge in [0, 0.05) is 26.4 Å². The zero-order chi connectivity index (χ0) is 11.1. The van der Waals surface area contributed by atoms with Gasteiger partial charge in [-0.3, -0.25) is 0 Å². The van der Waals surface area contributed by atoms with Gasteiger partial charge in [-0.25, -0.2) is 0 Å². The van der Waals surface area contributed by atoms with Gasteiger partial charge in [-0.2, -0.15) is 0 Å². The molecule has 3 heteroatoms. The monoisotopic (exact) mass is 215 g/mol. The maximum atomic E-state index is 5.63. The lowest BCUT2D eigenvalue weighted by molar-refractivity contribution is -0.0105. The fraction of sp³-hybridized carbons (Fsp3) is 1.00. The molecule has 0 saturated carbocycles. The van der Waals surface area contributed by atoms with Crippen LogP contribution in [0.1, 0.15) is 33.6 Å². The first-order valence-electron chi connectivity index (χ1n) is 6.06. The van der Waals surface area contributed by atoms with Crippen molar-refractivity contribution in [3.8, 4) is 0 Å². The minimum absolute atomic E-state index is 0.0417. The molecule has 0 aromatic rings. The highest BCUT2D eigenvalue weighted by Crippen LogP contribution is 2.14. The summed E-state index contributed by atoms with van der Waals surface area (Å²) >= 11 is 0. The lowest BCUT2D eigenvalue weighted by atomic mass is 10.00. The number of hydrogen-bond donors (Lipinski definition) is 1. The third kappa shape index (κ3) is 5.50. The maximum absolute atomic E-state index is 5.63. The Bertz CT molecular complexity index is 165. The van der Waals surface area contributed by atoms with Crippen LogP contribution in [0.2, 0.25) is 0 Å². The molecule has 0 radical (unpaired) electrons. The van der Waals surface area contributed by atoms with Gasteiger partial charge in [0.2, 0.25) is 0 Å². The lowest BCUT2D eigenvalue weighted by Gasteiger charge is -2.27. The summed E-state index contributed by atoms with van der Waals surface area (Å²) in [6.07, 6.45) is 2.39. The maximum Gasteiger partial charge on any atom is 0.0750 e. The van der Waals surface area contributed by atoms with Crippen molar-refractivity contribution in [2.24, 2.45) is 5.92 Å². The number of nitrogens with one attached hydrogen (secondary N) is 1. The third-order valence-corrected chi connectivity index (χ3v) is 2.86. The molecule has 0 atom stereocenters. The number of ether oxygens (including phenoxy) is 2. The van der Waals surface area contributed by atoms with Gasteiger partial charge in [0.25, 0.3) is 0 Å². The molecule has 0 unspecified atom stereocenters. The molecule has 0 aromatic heterocycles. The zero-order valence-corrected chi connectivity index (χ0v) is 10.3. The number of hydrogen-bond acceptors (Lipinski definition) is 3. The highest BCUT2D eigenvalue weighted by Gasteiger charge is 2.18. The molecule has 1 saturated heterocycles. The highest BCUT2D eigenvalue weighted by atomic mass is 16.5. The van der Waals surface area contributed by atoms with Gasteiger partial charge in [-0.1, -0.05) is 0 Å². The summed E-state index contributed by atoms with van der Waals surface area (Å²) in [5.41, 5.74) is -0.0417. The van der Waals surface area contributed by atoms with E-state index in [1.807, 2.05) is 6.92 Å². The quantitative estimate of drug-likeness (QED) is 0.733. The van der Waals surface area contributed by atoms with Crippen LogP contribution in [-0.2, 0) is 9.47 Å². The van der Waals surface area contributed by atoms with E-state index in [0.717, 1.165) is 38.8 Å². The Hall–Kier alpha value is -0.120. The van der Waals surface area contributed by atoms with Gasteiger partial charge in [0.05, 0.1) is 5.60 Å². The Morgan fingerprint density at radius 3 is 2.60 bits per heavy atom. The fourth-order valence-corrected chi connectivity index (χ4v) is 1.97. The van der Waals surface area contributed by atoms with Crippen LogP contribution in [-0.4, -0.2) is 38.5 Å². The van der Waals surface area contributed by atoms with Crippen LogP contribution in [0.15, 0.2) is 0 Å². The predicted octanol–water partition coefficient (Wildman–Crippen LogP) is 1.82. The van der Waals surface area contributed by atoms with Crippen molar-refractivity contribution in [1.82, 2.24) is 5.32 Å². The molecule has 0 spiro atoms. The van der Waals surface area contributed by atoms with Gasteiger partial charge >= 0.3 is 0 Å². The van der Waals surface area contributed by atoms with Crippen LogP contribution >= 0.6 is 0 Å². The van der Waals surface area contributed by atoms with E-state index in [2.05, 4.69) is 19.2 Å². The largest absolute Gasteiger partial charge is 0.381 e. The molecular weight excluding hydrogens is 190 g/mol. The summed E-state index contributed by atoms with van der Waals surface area (Å²) in [5.74, 6) is 0.788. The number of rotatable bonds is 6. The molecule has 1 aliphatic heterocycles. The van der Waals surface area contributed by atoms with Crippen LogP contribution in [0.25, 0.3) is 0 Å². The van der Waals surface area contributed by atoms with Crippen molar-refractivity contribution in [3.05, 3.63) is 0 Å². The molecule has 0 amide bonds. The summed E-state index contributed by atoms with van der Waals surface area (Å²) in [5, 5.41) is 3.50. The summed E-state index contributed by atoms with van der Waals surface area (Å²) < 4.78 is 11.0. The van der Waals surface area contributed by atoms with Gasteiger partial charge in [0.15, 0.2) is 0 Å². The predicted molar refractivity (Wildman–Crippen MR) is 62.1 cm³/mol. The van der Waals surface area contributed by atoms with Crippen molar-refractivity contribution in [1.29, 1.82) is 0 Å². The average molecular weight is 215 g/mol. The Balaban J connectivity index is 2.09. The van der Waals surface area contributed by atoms with Crippen LogP contribution in [0.5, 0.6) is 0 Å². The second-order valence-electron chi connectivity index (χ2n) is 4.88. The molecule has 1 heterocycles. The Labute approximate surface area is 93.5 Å². The van der Waals surface area contributed by atoms with E-state index >= 15 is 0 Å². The van der Waals surface area contributed by atoms with Crippen molar-refractivity contribution < 1.29 is 9.47 Å². The molecular formula is C12H25NO2. The lowest BCUT2D eigenvalue weighted by Crippen LogP contribution is -2.40. The molecule has 3 nitrogen and oxygen atoms in total. The summed E-state index contributed by atoms with van der Waals surface area (Å²) in [4.78, 5) is 0. The highest BCUT2D eigenvalue weighted by molar-refractivity contribution is 4.74. The zero-order valence-electron chi connectivity index (χ0n) is 10.3. The van der Waals surface area contributed by atoms with Crippen LogP contribution in [0, 0.1) is 5.92 Å². The first kappa shape index (κ1) is 12.9. The SMILES string of the molecule is CCOC(C)(C)CNCC1CCOCC1. The molecule has 1 fully saturated rings. The second-order valence-corrected chi connectivity index (χ2v) is 4.88. The molecule has 1 N–H and O–H groups in total. The molecule has 15 heavy (non-hydrogen) atoms. The molecule has 0 aliphatic carbocycles. The molecule has 90 valence electrons. The van der Waals surface area contributed by atoms with Gasteiger partial charge < -0.3 is 14.8 Å². The van der Waals surface area contributed by atoms with Gasteiger partial charge in [0.1, 0.15) is 0 Å². The minimum atomic E-state index is -0.0417. The standard InChI is InChI=1S/C12H25NO2/c1-4-15-12(2,3)10-13-9-11-5-7-14-8-6-11/h11,13H,4-10H2,1-3H3. The van der Waals surface area contributed by atoms with Crippen LogP contribution < -0.4 is 5.32 Å². The normalized spacial score (nSPS) is 19.4. The van der Waals surface area contributed by atoms with E-state index in [9.17, 15) is 0 Å². The minimum Gasteiger partial charge on any atom is -0.381 e. The van der Waals surface area contributed by atoms with E-state index < -0.39 is 0 Å². The van der Waals surface area contributed by atoms with Gasteiger partial charge in [-0.15, -0.1) is 0 Å². The molecule has 0 aromatic carbocycles. The summed E-state index contributed by atoms with van der Waals surface area (Å²) in [6.45, 7) is 11.0. The van der Waals surface area contributed by atoms with Crippen LogP contribution in [0.3, 0.4) is 0 Å². The first-order valence-corrected chi connectivity index (χ1v) is 6.06. The summed E-state index contributed by atoms with van der Waals surface area (Å²) in [7, 11) is 0. The van der Waals surface area contributed by atoms with Crippen molar-refractivity contribution in [2.75, 3.05) is 32.9 Å². The Kier molecular flexibility index (Phi) is 5.58. The fourth-order valence-electron chi connectivity index (χ4n) is 1.97. The van der Waals surface area contributed by atoms with E-state index in [-0.39, 0.29) is 5.60 Å². The van der Waals surface area contributed by atoms with E-state index in [1.165, 1.54) is 12.8 Å². The van der Waals surface area contributed by atoms with E-state index in [4.69, 9.17) is 9.47 Å². The van der Waals surface area contributed by atoms with E-state index in [1.54, 1.807) is 0 Å². The van der Waals surface area contributed by atoms with E-state index in [0.29, 0.717) is 0 Å².